The van der Waals surface area contributed by atoms with Crippen LogP contribution < -0.4 is 0 Å². The van der Waals surface area contributed by atoms with Crippen molar-refractivity contribution >= 4 is 33.5 Å². The predicted octanol–water partition coefficient (Wildman–Crippen LogP) is 3.11. The van der Waals surface area contributed by atoms with Gasteiger partial charge in [-0.2, -0.15) is 0 Å². The maximum atomic E-state index is 10.5. The van der Waals surface area contributed by atoms with Crippen molar-refractivity contribution in [3.05, 3.63) is 32.8 Å². The molecule has 4 heteroatoms. The molecule has 12 heavy (non-hydrogen) atoms. The number of carboxylic acids is 1. The van der Waals surface area contributed by atoms with E-state index in [1.807, 2.05) is 0 Å². The predicted molar refractivity (Wildman–Crippen MR) is 50.8 cm³/mol. The second-order valence-electron chi connectivity index (χ2n) is 2.39. The average molecular weight is 249 g/mol. The fourth-order valence-corrected chi connectivity index (χ4v) is 1.35. The van der Waals surface area contributed by atoms with E-state index < -0.39 is 5.97 Å². The molecule has 1 rings (SSSR count). The zero-order chi connectivity index (χ0) is 9.30. The second kappa shape index (κ2) is 3.46. The lowest BCUT2D eigenvalue weighted by molar-refractivity contribution is 0.0697. The smallest absolute Gasteiger partial charge is 0.335 e. The summed E-state index contributed by atoms with van der Waals surface area (Å²) in [5, 5.41) is 9.07. The Labute approximate surface area is 83.3 Å². The quantitative estimate of drug-likeness (QED) is 0.830. The van der Waals surface area contributed by atoms with Crippen LogP contribution in [0.1, 0.15) is 15.9 Å². The minimum absolute atomic E-state index is 0.209. The van der Waals surface area contributed by atoms with Crippen molar-refractivity contribution in [3.8, 4) is 0 Å². The van der Waals surface area contributed by atoms with E-state index in [-0.39, 0.29) is 5.56 Å². The molecule has 1 aromatic carbocycles. The maximum Gasteiger partial charge on any atom is 0.335 e. The van der Waals surface area contributed by atoms with Gasteiger partial charge in [0.25, 0.3) is 0 Å². The molecule has 0 fully saturated rings. The summed E-state index contributed by atoms with van der Waals surface area (Å²) in [4.78, 5) is 10.5. The number of aryl methyl sites for hydroxylation is 1. The Kier molecular flexibility index (Phi) is 2.75. The molecule has 0 atom stereocenters. The van der Waals surface area contributed by atoms with Crippen molar-refractivity contribution in [2.45, 2.75) is 6.92 Å². The molecule has 0 heterocycles. The molecule has 0 saturated carbocycles. The number of carbonyl (C=O) groups is 1. The largest absolute Gasteiger partial charge is 0.478 e. The lowest BCUT2D eigenvalue weighted by Gasteiger charge is -2.02. The fraction of sp³-hybridized carbons (Fsp3) is 0.125. The highest BCUT2D eigenvalue weighted by molar-refractivity contribution is 9.10. The van der Waals surface area contributed by atoms with E-state index in [1.54, 1.807) is 13.0 Å². The van der Waals surface area contributed by atoms with Gasteiger partial charge in [-0.25, -0.2) is 4.79 Å². The molecule has 0 unspecified atom stereocenters. The van der Waals surface area contributed by atoms with Gasteiger partial charge in [-0.15, -0.1) is 0 Å². The number of rotatable bonds is 1. The molecule has 0 amide bonds. The summed E-state index contributed by atoms with van der Waals surface area (Å²) in [5.74, 6) is -0.965. The summed E-state index contributed by atoms with van der Waals surface area (Å²) in [6.07, 6.45) is 0. The van der Waals surface area contributed by atoms with E-state index in [4.69, 9.17) is 16.7 Å². The van der Waals surface area contributed by atoms with E-state index in [9.17, 15) is 4.79 Å². The first-order valence-electron chi connectivity index (χ1n) is 3.21. The third-order valence-electron chi connectivity index (χ3n) is 1.46. The molecular weight excluding hydrogens is 243 g/mol. The van der Waals surface area contributed by atoms with Crippen molar-refractivity contribution in [3.63, 3.8) is 0 Å². The van der Waals surface area contributed by atoms with Crippen LogP contribution in [0.4, 0.5) is 0 Å². The van der Waals surface area contributed by atoms with Crippen LogP contribution in [-0.2, 0) is 0 Å². The third-order valence-corrected chi connectivity index (χ3v) is 3.04. The van der Waals surface area contributed by atoms with Crippen LogP contribution in [0.3, 0.4) is 0 Å². The monoisotopic (exact) mass is 248 g/mol. The third kappa shape index (κ3) is 1.79. The zero-order valence-electron chi connectivity index (χ0n) is 6.27. The second-order valence-corrected chi connectivity index (χ2v) is 3.59. The van der Waals surface area contributed by atoms with Crippen molar-refractivity contribution in [2.75, 3.05) is 0 Å². The molecule has 0 aliphatic heterocycles. The lowest BCUT2D eigenvalue weighted by atomic mass is 10.1. The Balaban J connectivity index is 3.31. The van der Waals surface area contributed by atoms with Crippen LogP contribution in [0.2, 0.25) is 5.02 Å². The molecule has 0 spiro atoms. The fourth-order valence-electron chi connectivity index (χ4n) is 0.850. The van der Waals surface area contributed by atoms with Crippen molar-refractivity contribution in [1.29, 1.82) is 0 Å². The molecule has 0 radical (unpaired) electrons. The summed E-state index contributed by atoms with van der Waals surface area (Å²) in [6, 6.07) is 2.99. The Morgan fingerprint density at radius 2 is 2.17 bits per heavy atom. The first-order valence-corrected chi connectivity index (χ1v) is 4.38. The van der Waals surface area contributed by atoms with Gasteiger partial charge in [-0.05, 0) is 40.5 Å². The van der Waals surface area contributed by atoms with Gasteiger partial charge in [0.2, 0.25) is 0 Å². The van der Waals surface area contributed by atoms with Gasteiger partial charge < -0.3 is 5.11 Å². The zero-order valence-corrected chi connectivity index (χ0v) is 8.61. The lowest BCUT2D eigenvalue weighted by Crippen LogP contribution is -1.96. The summed E-state index contributed by atoms with van der Waals surface area (Å²) < 4.78 is 0.745. The standard InChI is InChI=1S/C8H6BrClO2/c1-4-2-5(8(11)12)3-6(10)7(4)9/h2-3H,1H3,(H,11,12). The molecule has 0 saturated heterocycles. The summed E-state index contributed by atoms with van der Waals surface area (Å²) in [6.45, 7) is 1.79. The summed E-state index contributed by atoms with van der Waals surface area (Å²) in [5.41, 5.74) is 1.03. The van der Waals surface area contributed by atoms with Gasteiger partial charge in [0, 0.05) is 4.47 Å². The van der Waals surface area contributed by atoms with Crippen molar-refractivity contribution in [2.24, 2.45) is 0 Å². The maximum absolute atomic E-state index is 10.5. The SMILES string of the molecule is Cc1cc(C(=O)O)cc(Cl)c1Br. The Hall–Kier alpha value is -0.540. The Morgan fingerprint density at radius 1 is 1.58 bits per heavy atom. The molecular formula is C8H6BrClO2. The van der Waals surface area contributed by atoms with Crippen LogP contribution in [0.5, 0.6) is 0 Å². The van der Waals surface area contributed by atoms with Crippen LogP contribution in [0.25, 0.3) is 0 Å². The number of hydrogen-bond acceptors (Lipinski definition) is 1. The first-order chi connectivity index (χ1) is 5.52. The van der Waals surface area contributed by atoms with Crippen LogP contribution >= 0.6 is 27.5 Å². The van der Waals surface area contributed by atoms with E-state index >= 15 is 0 Å². The number of hydrogen-bond donors (Lipinski definition) is 1. The van der Waals surface area contributed by atoms with Crippen LogP contribution in [0.15, 0.2) is 16.6 Å². The molecule has 0 aliphatic carbocycles. The molecule has 1 aromatic rings. The average Bonchev–Trinajstić information content (AvgIpc) is 1.99. The van der Waals surface area contributed by atoms with Crippen LogP contribution in [0, 0.1) is 6.92 Å². The van der Waals surface area contributed by atoms with E-state index in [0.29, 0.717) is 5.02 Å². The van der Waals surface area contributed by atoms with E-state index in [2.05, 4.69) is 15.9 Å². The minimum atomic E-state index is -0.965. The highest BCUT2D eigenvalue weighted by atomic mass is 79.9. The minimum Gasteiger partial charge on any atom is -0.478 e. The number of halogens is 2. The number of carboxylic acid groups (broad SMARTS) is 1. The highest BCUT2D eigenvalue weighted by Gasteiger charge is 2.08. The molecule has 0 aliphatic rings. The Bertz CT molecular complexity index is 313. The van der Waals surface area contributed by atoms with Gasteiger partial charge in [0.15, 0.2) is 0 Å². The molecule has 1 N–H and O–H groups in total. The highest BCUT2D eigenvalue weighted by Crippen LogP contribution is 2.27. The number of aromatic carboxylic acids is 1. The van der Waals surface area contributed by atoms with Crippen LogP contribution in [-0.4, -0.2) is 11.1 Å². The van der Waals surface area contributed by atoms with E-state index in [1.165, 1.54) is 6.07 Å². The summed E-state index contributed by atoms with van der Waals surface area (Å²) >= 11 is 8.99. The van der Waals surface area contributed by atoms with Crippen molar-refractivity contribution in [1.82, 2.24) is 0 Å². The van der Waals surface area contributed by atoms with Crippen molar-refractivity contribution < 1.29 is 9.90 Å². The summed E-state index contributed by atoms with van der Waals surface area (Å²) in [7, 11) is 0. The van der Waals surface area contributed by atoms with Gasteiger partial charge >= 0.3 is 5.97 Å². The van der Waals surface area contributed by atoms with Gasteiger partial charge in [-0.3, -0.25) is 0 Å². The number of benzene rings is 1. The van der Waals surface area contributed by atoms with Gasteiger partial charge in [0.1, 0.15) is 0 Å². The Morgan fingerprint density at radius 3 is 2.58 bits per heavy atom. The molecule has 0 aromatic heterocycles. The normalized spacial score (nSPS) is 9.92. The van der Waals surface area contributed by atoms with Gasteiger partial charge in [-0.1, -0.05) is 11.6 Å². The molecule has 64 valence electrons. The topological polar surface area (TPSA) is 37.3 Å². The van der Waals surface area contributed by atoms with Gasteiger partial charge in [0.05, 0.1) is 10.6 Å². The first kappa shape index (κ1) is 9.55. The molecule has 0 bridgehead atoms. The molecule has 2 nitrogen and oxygen atoms in total. The van der Waals surface area contributed by atoms with E-state index in [0.717, 1.165) is 10.0 Å².